The first-order chi connectivity index (χ1) is 18.2. The van der Waals surface area contributed by atoms with Crippen molar-refractivity contribution in [2.45, 2.75) is 50.9 Å². The Bertz CT molecular complexity index is 1150. The Labute approximate surface area is 220 Å². The van der Waals surface area contributed by atoms with Gasteiger partial charge in [-0.1, -0.05) is 67.1 Å². The molecule has 3 aromatic carbocycles. The summed E-state index contributed by atoms with van der Waals surface area (Å²) in [5.41, 5.74) is 10.7. The molecule has 1 saturated heterocycles. The van der Waals surface area contributed by atoms with Crippen LogP contribution < -0.4 is 16.0 Å². The Balaban J connectivity index is 1.36. The first kappa shape index (κ1) is 25.3. The van der Waals surface area contributed by atoms with E-state index in [1.165, 1.54) is 24.8 Å². The molecule has 2 atom stereocenters. The monoisotopic (exact) mass is 498 g/mol. The van der Waals surface area contributed by atoms with Gasteiger partial charge in [0.05, 0.1) is 17.9 Å². The summed E-state index contributed by atoms with van der Waals surface area (Å²) in [5, 5.41) is 3.26. The number of ether oxygens (including phenoxy) is 1. The molecule has 5 rings (SSSR count). The molecule has 0 bridgehead atoms. The number of nitrogens with zero attached hydrogens (tertiary/aromatic N) is 2. The van der Waals surface area contributed by atoms with E-state index in [1.54, 1.807) is 6.07 Å². The van der Waals surface area contributed by atoms with Gasteiger partial charge in [0.25, 0.3) is 5.91 Å². The molecule has 1 fully saturated rings. The zero-order valence-electron chi connectivity index (χ0n) is 21.5. The van der Waals surface area contributed by atoms with Crippen LogP contribution >= 0.6 is 0 Å². The molecule has 0 saturated carbocycles. The number of hydrogen-bond donors (Lipinski definition) is 2. The summed E-state index contributed by atoms with van der Waals surface area (Å²) >= 11 is 0. The molecule has 1 amide bonds. The van der Waals surface area contributed by atoms with Gasteiger partial charge in [0.2, 0.25) is 0 Å². The van der Waals surface area contributed by atoms with Crippen LogP contribution in [0.25, 0.3) is 0 Å². The number of fused-ring (bicyclic) bond motifs is 1. The Morgan fingerprint density at radius 3 is 2.41 bits per heavy atom. The van der Waals surface area contributed by atoms with Crippen LogP contribution in [0.4, 0.5) is 11.4 Å². The first-order valence-electron chi connectivity index (χ1n) is 13.6. The van der Waals surface area contributed by atoms with Crippen molar-refractivity contribution in [3.05, 3.63) is 95.6 Å². The third kappa shape index (κ3) is 6.14. The summed E-state index contributed by atoms with van der Waals surface area (Å²) in [5.74, 6) is -0.0911. The summed E-state index contributed by atoms with van der Waals surface area (Å²) in [6, 6.07) is 26.5. The third-order valence-electron chi connectivity index (χ3n) is 7.45. The Hall–Kier alpha value is -3.35. The lowest BCUT2D eigenvalue weighted by molar-refractivity contribution is 0.0400. The molecule has 0 aliphatic carbocycles. The van der Waals surface area contributed by atoms with Crippen LogP contribution in [0.15, 0.2) is 78.9 Å². The number of nitrogen functional groups attached to an aromatic ring is 1. The van der Waals surface area contributed by atoms with Gasteiger partial charge in [-0.15, -0.1) is 0 Å². The number of carbonyl (C=O) groups excluding carboxylic acids is 1. The highest BCUT2D eigenvalue weighted by molar-refractivity contribution is 6.03. The molecule has 3 aromatic rings. The average molecular weight is 499 g/mol. The molecule has 2 unspecified atom stereocenters. The van der Waals surface area contributed by atoms with E-state index >= 15 is 0 Å². The van der Waals surface area contributed by atoms with E-state index in [4.69, 9.17) is 10.5 Å². The molecule has 2 heterocycles. The summed E-state index contributed by atoms with van der Waals surface area (Å²) < 4.78 is 6.37. The quantitative estimate of drug-likeness (QED) is 0.291. The van der Waals surface area contributed by atoms with Gasteiger partial charge >= 0.3 is 0 Å². The number of amides is 1. The maximum atomic E-state index is 13.2. The van der Waals surface area contributed by atoms with Crippen molar-refractivity contribution >= 4 is 17.3 Å². The number of nitrogens with two attached hydrogens (primary N) is 1. The maximum absolute atomic E-state index is 13.2. The van der Waals surface area contributed by atoms with E-state index in [9.17, 15) is 4.79 Å². The predicted molar refractivity (Wildman–Crippen MR) is 149 cm³/mol. The van der Waals surface area contributed by atoms with Crippen molar-refractivity contribution in [1.29, 1.82) is 0 Å². The summed E-state index contributed by atoms with van der Waals surface area (Å²) in [7, 11) is 0. The van der Waals surface area contributed by atoms with Crippen LogP contribution in [-0.4, -0.2) is 43.3 Å². The Morgan fingerprint density at radius 1 is 0.919 bits per heavy atom. The van der Waals surface area contributed by atoms with Crippen LogP contribution in [0.2, 0.25) is 0 Å². The molecule has 6 nitrogen and oxygen atoms in total. The fraction of sp³-hybridized carbons (Fsp3) is 0.387. The zero-order chi connectivity index (χ0) is 25.5. The van der Waals surface area contributed by atoms with Crippen molar-refractivity contribution in [3.8, 4) is 0 Å². The Kier molecular flexibility index (Phi) is 8.39. The third-order valence-corrected chi connectivity index (χ3v) is 7.45. The van der Waals surface area contributed by atoms with E-state index in [2.05, 4.69) is 57.6 Å². The molecule has 2 aliphatic rings. The number of likely N-dealkylation sites (tertiary alicyclic amines) is 1. The van der Waals surface area contributed by atoms with Crippen LogP contribution in [0.1, 0.15) is 59.8 Å². The first-order valence-corrected chi connectivity index (χ1v) is 13.6. The van der Waals surface area contributed by atoms with Gasteiger partial charge < -0.3 is 20.7 Å². The van der Waals surface area contributed by atoms with Gasteiger partial charge in [0, 0.05) is 25.4 Å². The number of hydrogen-bond acceptors (Lipinski definition) is 5. The van der Waals surface area contributed by atoms with E-state index in [0.717, 1.165) is 50.2 Å². The largest absolute Gasteiger partial charge is 0.399 e. The van der Waals surface area contributed by atoms with E-state index < -0.39 is 0 Å². The number of rotatable bonds is 10. The lowest BCUT2D eigenvalue weighted by Crippen LogP contribution is -2.59. The molecule has 194 valence electrons. The Morgan fingerprint density at radius 2 is 1.65 bits per heavy atom. The van der Waals surface area contributed by atoms with Gasteiger partial charge in [-0.3, -0.25) is 9.69 Å². The summed E-state index contributed by atoms with van der Waals surface area (Å²) in [6.45, 7) is 3.35. The molecular formula is C31H38N4O2. The zero-order valence-corrected chi connectivity index (χ0v) is 21.5. The second-order valence-electron chi connectivity index (χ2n) is 10.1. The molecule has 0 aromatic heterocycles. The number of piperidine rings is 1. The van der Waals surface area contributed by atoms with Crippen molar-refractivity contribution in [1.82, 2.24) is 10.2 Å². The van der Waals surface area contributed by atoms with Crippen molar-refractivity contribution in [3.63, 3.8) is 0 Å². The predicted octanol–water partition coefficient (Wildman–Crippen LogP) is 5.37. The van der Waals surface area contributed by atoms with E-state index in [1.807, 2.05) is 30.3 Å². The number of unbranched alkanes of at least 4 members (excludes halogenated alkanes) is 1. The topological polar surface area (TPSA) is 70.8 Å². The second kappa shape index (κ2) is 12.3. The summed E-state index contributed by atoms with van der Waals surface area (Å²) in [4.78, 5) is 18.1. The minimum atomic E-state index is -0.279. The van der Waals surface area contributed by atoms with Gasteiger partial charge in [-0.2, -0.15) is 0 Å². The van der Waals surface area contributed by atoms with Gasteiger partial charge in [-0.25, -0.2) is 0 Å². The SMILES string of the molecule is Nc1ccc2c(c1)C(=O)NC(c1ccccc1)N2C(COCCCCc1ccccc1)N1CCCCC1. The van der Waals surface area contributed by atoms with Gasteiger partial charge in [0.1, 0.15) is 12.3 Å². The number of aryl methyl sites for hydroxylation is 1. The number of carbonyl (C=O) groups is 1. The van der Waals surface area contributed by atoms with Gasteiger partial charge in [-0.05, 0) is 61.4 Å². The highest BCUT2D eigenvalue weighted by Gasteiger charge is 2.39. The molecular weight excluding hydrogens is 460 g/mol. The molecule has 2 aliphatic heterocycles. The minimum Gasteiger partial charge on any atom is -0.399 e. The minimum absolute atomic E-state index is 0.00241. The fourth-order valence-electron chi connectivity index (χ4n) is 5.53. The molecule has 6 heteroatoms. The van der Waals surface area contributed by atoms with Crippen molar-refractivity contribution in [2.75, 3.05) is 36.9 Å². The van der Waals surface area contributed by atoms with Crippen LogP contribution in [0.3, 0.4) is 0 Å². The number of benzene rings is 3. The smallest absolute Gasteiger partial charge is 0.255 e. The van der Waals surface area contributed by atoms with Crippen molar-refractivity contribution in [2.24, 2.45) is 0 Å². The van der Waals surface area contributed by atoms with Crippen LogP contribution in [0.5, 0.6) is 0 Å². The second-order valence-corrected chi connectivity index (χ2v) is 10.1. The van der Waals surface area contributed by atoms with E-state index in [-0.39, 0.29) is 18.2 Å². The standard InChI is InChI=1S/C31H38N4O2/c32-26-17-18-28-27(22-26)31(36)33-30(25-15-6-2-7-16-25)35(28)29(34-19-9-3-10-20-34)23-37-21-11-8-14-24-12-4-1-5-13-24/h1-2,4-7,12-13,15-18,22,29-30H,3,8-11,14,19-21,23,32H2,(H,33,36). The van der Waals surface area contributed by atoms with Crippen LogP contribution in [0, 0.1) is 0 Å². The highest BCUT2D eigenvalue weighted by Crippen LogP contribution is 2.37. The normalized spacial score (nSPS) is 18.8. The highest BCUT2D eigenvalue weighted by atomic mass is 16.5. The lowest BCUT2D eigenvalue weighted by Gasteiger charge is -2.48. The van der Waals surface area contributed by atoms with Crippen molar-refractivity contribution < 1.29 is 9.53 Å². The average Bonchev–Trinajstić information content (AvgIpc) is 2.95. The van der Waals surface area contributed by atoms with E-state index in [0.29, 0.717) is 17.9 Å². The molecule has 0 spiro atoms. The summed E-state index contributed by atoms with van der Waals surface area (Å²) in [6.07, 6.45) is 6.54. The maximum Gasteiger partial charge on any atom is 0.255 e. The number of anilines is 2. The molecule has 3 N–H and O–H groups in total. The van der Waals surface area contributed by atoms with Crippen LogP contribution in [-0.2, 0) is 11.2 Å². The fourth-order valence-corrected chi connectivity index (χ4v) is 5.53. The lowest BCUT2D eigenvalue weighted by atomic mass is 10.0. The molecule has 37 heavy (non-hydrogen) atoms. The number of nitrogens with one attached hydrogen (secondary N) is 1. The van der Waals surface area contributed by atoms with Gasteiger partial charge in [0.15, 0.2) is 0 Å². The molecule has 0 radical (unpaired) electrons.